The number of esters is 1. The smallest absolute Gasteiger partial charge is 0.342 e. The molecule has 7 heteroatoms. The molecule has 0 N–H and O–H groups in total. The third-order valence-electron chi connectivity index (χ3n) is 4.83. The first-order valence-electron chi connectivity index (χ1n) is 8.90. The molecule has 0 aliphatic carbocycles. The lowest BCUT2D eigenvalue weighted by atomic mass is 10.0. The van der Waals surface area contributed by atoms with Gasteiger partial charge >= 0.3 is 5.97 Å². The maximum Gasteiger partial charge on any atom is 0.342 e. The SMILES string of the molecule is O=C1OC(c2ccc3c(c2)OCO3)N(C(=O)c2ccc(F)cc2)c2ccccc21. The van der Waals surface area contributed by atoms with Crippen molar-refractivity contribution in [1.29, 1.82) is 0 Å². The second-order valence-electron chi connectivity index (χ2n) is 6.57. The third kappa shape index (κ3) is 2.87. The van der Waals surface area contributed by atoms with Crippen LogP contribution in [0.15, 0.2) is 66.7 Å². The Kier molecular flexibility index (Phi) is 3.94. The van der Waals surface area contributed by atoms with Gasteiger partial charge in [-0.05, 0) is 54.6 Å². The van der Waals surface area contributed by atoms with Gasteiger partial charge in [0, 0.05) is 11.1 Å². The van der Waals surface area contributed by atoms with Crippen LogP contribution < -0.4 is 14.4 Å². The lowest BCUT2D eigenvalue weighted by molar-refractivity contribution is 0.0248. The van der Waals surface area contributed by atoms with Crippen molar-refractivity contribution < 1.29 is 28.2 Å². The van der Waals surface area contributed by atoms with Gasteiger partial charge in [0.05, 0.1) is 11.3 Å². The minimum atomic E-state index is -1.01. The normalized spacial score (nSPS) is 16.9. The van der Waals surface area contributed by atoms with Gasteiger partial charge in [-0.3, -0.25) is 9.69 Å². The molecule has 0 aromatic heterocycles. The van der Waals surface area contributed by atoms with E-state index in [1.165, 1.54) is 29.2 Å². The maximum absolute atomic E-state index is 13.4. The third-order valence-corrected chi connectivity index (χ3v) is 4.83. The summed E-state index contributed by atoms with van der Waals surface area (Å²) < 4.78 is 29.7. The molecule has 0 saturated heterocycles. The molecular formula is C22H14FNO5. The van der Waals surface area contributed by atoms with E-state index in [-0.39, 0.29) is 17.9 Å². The van der Waals surface area contributed by atoms with Crippen LogP contribution >= 0.6 is 0 Å². The lowest BCUT2D eigenvalue weighted by Gasteiger charge is -2.36. The number of rotatable bonds is 2. The van der Waals surface area contributed by atoms with Crippen LogP contribution in [-0.2, 0) is 4.74 Å². The number of halogens is 1. The summed E-state index contributed by atoms with van der Waals surface area (Å²) >= 11 is 0. The van der Waals surface area contributed by atoms with Crippen LogP contribution in [-0.4, -0.2) is 18.7 Å². The number of amides is 1. The van der Waals surface area contributed by atoms with E-state index in [0.717, 1.165) is 0 Å². The first-order chi connectivity index (χ1) is 14.1. The number of fused-ring (bicyclic) bond motifs is 2. The zero-order chi connectivity index (χ0) is 20.0. The van der Waals surface area contributed by atoms with Crippen molar-refractivity contribution in [2.24, 2.45) is 0 Å². The fourth-order valence-electron chi connectivity index (χ4n) is 3.43. The summed E-state index contributed by atoms with van der Waals surface area (Å²) in [5.41, 5.74) is 1.51. The molecule has 3 aromatic carbocycles. The van der Waals surface area contributed by atoms with E-state index in [9.17, 15) is 14.0 Å². The molecule has 0 spiro atoms. The molecule has 2 aliphatic heterocycles. The number of nitrogens with zero attached hydrogens (tertiary/aromatic N) is 1. The molecular weight excluding hydrogens is 377 g/mol. The first-order valence-corrected chi connectivity index (χ1v) is 8.90. The van der Waals surface area contributed by atoms with Gasteiger partial charge in [-0.15, -0.1) is 0 Å². The highest BCUT2D eigenvalue weighted by Crippen LogP contribution is 2.41. The Labute approximate surface area is 165 Å². The van der Waals surface area contributed by atoms with Crippen LogP contribution in [0.4, 0.5) is 10.1 Å². The van der Waals surface area contributed by atoms with Crippen LogP contribution in [0.5, 0.6) is 11.5 Å². The standard InChI is InChI=1S/C22H14FNO5/c23-15-8-5-13(6-9-15)20(25)24-17-4-2-1-3-16(17)22(26)29-21(24)14-7-10-18-19(11-14)28-12-27-18/h1-11,21H,12H2. The second kappa shape index (κ2) is 6.63. The summed E-state index contributed by atoms with van der Waals surface area (Å²) in [4.78, 5) is 27.3. The second-order valence-corrected chi connectivity index (χ2v) is 6.57. The number of benzene rings is 3. The summed E-state index contributed by atoms with van der Waals surface area (Å²) in [6.45, 7) is 0.101. The van der Waals surface area contributed by atoms with E-state index in [2.05, 4.69) is 0 Å². The maximum atomic E-state index is 13.4. The molecule has 6 nitrogen and oxygen atoms in total. The number of hydrogen-bond acceptors (Lipinski definition) is 5. The number of para-hydroxylation sites is 1. The summed E-state index contributed by atoms with van der Waals surface area (Å²) in [5.74, 6) is -0.322. The highest BCUT2D eigenvalue weighted by Gasteiger charge is 2.38. The monoisotopic (exact) mass is 391 g/mol. The van der Waals surface area contributed by atoms with Crippen LogP contribution in [0.2, 0.25) is 0 Å². The number of hydrogen-bond donors (Lipinski definition) is 0. The minimum absolute atomic E-state index is 0.101. The van der Waals surface area contributed by atoms with E-state index < -0.39 is 23.9 Å². The molecule has 0 saturated carbocycles. The van der Waals surface area contributed by atoms with E-state index in [1.54, 1.807) is 42.5 Å². The number of cyclic esters (lactones) is 1. The van der Waals surface area contributed by atoms with Gasteiger partial charge in [-0.1, -0.05) is 12.1 Å². The molecule has 144 valence electrons. The molecule has 0 fully saturated rings. The molecule has 1 amide bonds. The van der Waals surface area contributed by atoms with Crippen molar-refractivity contribution in [2.75, 3.05) is 11.7 Å². The fourth-order valence-corrected chi connectivity index (χ4v) is 3.43. The van der Waals surface area contributed by atoms with Crippen LogP contribution in [0.1, 0.15) is 32.5 Å². The molecule has 2 aliphatic rings. The van der Waals surface area contributed by atoms with Gasteiger partial charge in [0.2, 0.25) is 13.0 Å². The molecule has 2 heterocycles. The topological polar surface area (TPSA) is 65.1 Å². The van der Waals surface area contributed by atoms with Gasteiger partial charge in [0.1, 0.15) is 5.82 Å². The molecule has 0 bridgehead atoms. The van der Waals surface area contributed by atoms with Crippen molar-refractivity contribution in [3.63, 3.8) is 0 Å². The summed E-state index contributed by atoms with van der Waals surface area (Å²) in [5, 5.41) is 0. The van der Waals surface area contributed by atoms with Crippen LogP contribution in [0.3, 0.4) is 0 Å². The molecule has 1 atom stereocenters. The average Bonchev–Trinajstić information content (AvgIpc) is 3.22. The highest BCUT2D eigenvalue weighted by molar-refractivity contribution is 6.11. The van der Waals surface area contributed by atoms with Crippen molar-refractivity contribution in [1.82, 2.24) is 0 Å². The summed E-state index contributed by atoms with van der Waals surface area (Å²) in [6, 6.07) is 17.0. The van der Waals surface area contributed by atoms with Crippen molar-refractivity contribution in [2.45, 2.75) is 6.23 Å². The number of carbonyl (C=O) groups excluding carboxylic acids is 2. The van der Waals surface area contributed by atoms with Gasteiger partial charge < -0.3 is 14.2 Å². The number of carbonyl (C=O) groups is 2. The Balaban J connectivity index is 1.63. The molecule has 3 aromatic rings. The van der Waals surface area contributed by atoms with Crippen LogP contribution in [0.25, 0.3) is 0 Å². The van der Waals surface area contributed by atoms with E-state index in [1.807, 2.05) is 0 Å². The zero-order valence-corrected chi connectivity index (χ0v) is 15.0. The van der Waals surface area contributed by atoms with Gasteiger partial charge in [0.15, 0.2) is 11.5 Å². The number of anilines is 1. The Morgan fingerprint density at radius 3 is 2.55 bits per heavy atom. The Morgan fingerprint density at radius 2 is 1.72 bits per heavy atom. The van der Waals surface area contributed by atoms with Gasteiger partial charge in [-0.2, -0.15) is 0 Å². The average molecular weight is 391 g/mol. The summed E-state index contributed by atoms with van der Waals surface area (Å²) in [7, 11) is 0. The predicted octanol–water partition coefficient (Wildman–Crippen LogP) is 4.07. The van der Waals surface area contributed by atoms with E-state index >= 15 is 0 Å². The van der Waals surface area contributed by atoms with Crippen molar-refractivity contribution in [3.8, 4) is 11.5 Å². The van der Waals surface area contributed by atoms with Gasteiger partial charge in [0.25, 0.3) is 5.91 Å². The molecule has 29 heavy (non-hydrogen) atoms. The molecule has 0 radical (unpaired) electrons. The largest absolute Gasteiger partial charge is 0.454 e. The zero-order valence-electron chi connectivity index (χ0n) is 15.0. The Morgan fingerprint density at radius 1 is 0.966 bits per heavy atom. The van der Waals surface area contributed by atoms with Gasteiger partial charge in [-0.25, -0.2) is 9.18 Å². The lowest BCUT2D eigenvalue weighted by Crippen LogP contribution is -2.41. The fraction of sp³-hybridized carbons (Fsp3) is 0.0909. The predicted molar refractivity (Wildman–Crippen MR) is 100 cm³/mol. The van der Waals surface area contributed by atoms with Crippen molar-refractivity contribution >= 4 is 17.6 Å². The minimum Gasteiger partial charge on any atom is -0.454 e. The van der Waals surface area contributed by atoms with E-state index in [0.29, 0.717) is 22.7 Å². The quantitative estimate of drug-likeness (QED) is 0.616. The first kappa shape index (κ1) is 17.2. The van der Waals surface area contributed by atoms with Crippen LogP contribution in [0, 0.1) is 5.82 Å². The Hall–Kier alpha value is -3.87. The van der Waals surface area contributed by atoms with Crippen molar-refractivity contribution in [3.05, 3.63) is 89.2 Å². The molecule has 1 unspecified atom stereocenters. The highest BCUT2D eigenvalue weighted by atomic mass is 19.1. The number of ether oxygens (including phenoxy) is 3. The van der Waals surface area contributed by atoms with E-state index in [4.69, 9.17) is 14.2 Å². The Bertz CT molecular complexity index is 1130. The summed E-state index contributed by atoms with van der Waals surface area (Å²) in [6.07, 6.45) is -1.01. The molecule has 5 rings (SSSR count).